The normalized spacial score (nSPS) is 10.8. The molecule has 62 valence electrons. The zero-order chi connectivity index (χ0) is 8.55. The molecule has 0 amide bonds. The van der Waals surface area contributed by atoms with Gasteiger partial charge in [0.25, 0.3) is 0 Å². The van der Waals surface area contributed by atoms with Crippen LogP contribution in [0.4, 0.5) is 4.39 Å². The number of nitrogens with zero attached hydrogens (tertiary/aromatic N) is 1. The predicted octanol–water partition coefficient (Wildman–Crippen LogP) is 2.71. The summed E-state index contributed by atoms with van der Waals surface area (Å²) in [6.07, 6.45) is 0. The molecule has 0 fully saturated rings. The van der Waals surface area contributed by atoms with Crippen molar-refractivity contribution in [3.8, 4) is 0 Å². The fraction of sp³-hybridized carbons (Fsp3) is 0.125. The number of alkyl halides is 1. The van der Waals surface area contributed by atoms with Gasteiger partial charge in [0, 0.05) is 6.07 Å². The first-order chi connectivity index (χ1) is 5.79. The minimum Gasteiger partial charge on any atom is -0.439 e. The average Bonchev–Trinajstić information content (AvgIpc) is 2.46. The lowest BCUT2D eigenvalue weighted by atomic mass is 10.3. The van der Waals surface area contributed by atoms with Crippen LogP contribution in [0.1, 0.15) is 5.89 Å². The van der Waals surface area contributed by atoms with E-state index in [9.17, 15) is 4.39 Å². The second-order valence-electron chi connectivity index (χ2n) is 2.35. The van der Waals surface area contributed by atoms with E-state index >= 15 is 0 Å². The number of rotatable bonds is 1. The molecule has 0 saturated carbocycles. The van der Waals surface area contributed by atoms with Gasteiger partial charge in [-0.25, -0.2) is 9.37 Å². The van der Waals surface area contributed by atoms with Gasteiger partial charge in [-0.05, 0) is 12.1 Å². The molecule has 4 heteroatoms. The number of benzene rings is 1. The summed E-state index contributed by atoms with van der Waals surface area (Å²) in [6, 6.07) is 4.19. The summed E-state index contributed by atoms with van der Waals surface area (Å²) >= 11 is 5.49. The summed E-state index contributed by atoms with van der Waals surface area (Å²) in [7, 11) is 0. The van der Waals surface area contributed by atoms with E-state index in [1.54, 1.807) is 6.07 Å². The summed E-state index contributed by atoms with van der Waals surface area (Å²) in [5.74, 6) is 0.285. The number of hydrogen-bond acceptors (Lipinski definition) is 2. The fourth-order valence-corrected chi connectivity index (χ4v) is 1.12. The second kappa shape index (κ2) is 2.75. The molecule has 2 nitrogen and oxygen atoms in total. The number of hydrogen-bond donors (Lipinski definition) is 0. The Morgan fingerprint density at radius 3 is 3.08 bits per heavy atom. The van der Waals surface area contributed by atoms with Crippen LogP contribution in [-0.2, 0) is 5.88 Å². The van der Waals surface area contributed by atoms with Gasteiger partial charge in [0.2, 0.25) is 5.89 Å². The molecule has 0 aliphatic carbocycles. The van der Waals surface area contributed by atoms with Gasteiger partial charge in [-0.2, -0.15) is 0 Å². The second-order valence-corrected chi connectivity index (χ2v) is 2.62. The number of fused-ring (bicyclic) bond motifs is 1. The maximum atomic E-state index is 12.6. The number of oxazole rings is 1. The van der Waals surface area contributed by atoms with Crippen LogP contribution in [0.5, 0.6) is 0 Å². The van der Waals surface area contributed by atoms with Crippen molar-refractivity contribution in [1.29, 1.82) is 0 Å². The monoisotopic (exact) mass is 185 g/mol. The zero-order valence-electron chi connectivity index (χ0n) is 6.05. The van der Waals surface area contributed by atoms with E-state index in [0.29, 0.717) is 17.0 Å². The van der Waals surface area contributed by atoms with Crippen molar-refractivity contribution >= 4 is 22.7 Å². The maximum absolute atomic E-state index is 12.6. The van der Waals surface area contributed by atoms with Crippen molar-refractivity contribution in [1.82, 2.24) is 4.98 Å². The molecule has 1 aromatic heterocycles. The van der Waals surface area contributed by atoms with Gasteiger partial charge in [0.05, 0.1) is 5.88 Å². The van der Waals surface area contributed by atoms with Gasteiger partial charge in [0.1, 0.15) is 11.3 Å². The molecule has 1 aromatic carbocycles. The molecular weight excluding hydrogens is 181 g/mol. The number of aromatic nitrogens is 1. The molecule has 0 unspecified atom stereocenters. The SMILES string of the molecule is Fc1ccc2nc(CCl)oc2c1. The molecular formula is C8H5ClFNO. The third-order valence-corrected chi connectivity index (χ3v) is 1.74. The minimum atomic E-state index is -0.334. The van der Waals surface area contributed by atoms with E-state index < -0.39 is 0 Å². The summed E-state index contributed by atoms with van der Waals surface area (Å²) in [5, 5.41) is 0. The molecule has 0 radical (unpaired) electrons. The Bertz CT molecular complexity index is 412. The van der Waals surface area contributed by atoms with Crippen molar-refractivity contribution in [3.63, 3.8) is 0 Å². The summed E-state index contributed by atoms with van der Waals surface area (Å²) < 4.78 is 17.7. The van der Waals surface area contributed by atoms with E-state index in [0.717, 1.165) is 0 Å². The average molecular weight is 186 g/mol. The van der Waals surface area contributed by atoms with Crippen LogP contribution in [0, 0.1) is 5.82 Å². The molecule has 2 aromatic rings. The largest absolute Gasteiger partial charge is 0.439 e. The molecule has 1 heterocycles. The fourth-order valence-electron chi connectivity index (χ4n) is 1.00. The highest BCUT2D eigenvalue weighted by atomic mass is 35.5. The van der Waals surface area contributed by atoms with Crippen LogP contribution < -0.4 is 0 Å². The Morgan fingerprint density at radius 2 is 2.33 bits per heavy atom. The Labute approximate surface area is 73.0 Å². The first-order valence-electron chi connectivity index (χ1n) is 3.40. The van der Waals surface area contributed by atoms with Crippen molar-refractivity contribution in [2.45, 2.75) is 5.88 Å². The highest BCUT2D eigenvalue weighted by Gasteiger charge is 2.04. The van der Waals surface area contributed by atoms with Gasteiger partial charge in [0.15, 0.2) is 5.58 Å². The van der Waals surface area contributed by atoms with Crippen molar-refractivity contribution < 1.29 is 8.81 Å². The van der Waals surface area contributed by atoms with Crippen molar-refractivity contribution in [2.75, 3.05) is 0 Å². The smallest absolute Gasteiger partial charge is 0.210 e. The molecule has 0 aliphatic heterocycles. The lowest BCUT2D eigenvalue weighted by Crippen LogP contribution is -1.73. The topological polar surface area (TPSA) is 26.0 Å². The van der Waals surface area contributed by atoms with Gasteiger partial charge >= 0.3 is 0 Å². The Morgan fingerprint density at radius 1 is 1.50 bits per heavy atom. The summed E-state index contributed by atoms with van der Waals surface area (Å²) in [6.45, 7) is 0. The van der Waals surface area contributed by atoms with Crippen LogP contribution in [0.3, 0.4) is 0 Å². The number of halogens is 2. The molecule has 0 aliphatic rings. The lowest BCUT2D eigenvalue weighted by molar-refractivity contribution is 0.550. The quantitative estimate of drug-likeness (QED) is 0.639. The van der Waals surface area contributed by atoms with E-state index in [4.69, 9.17) is 16.0 Å². The molecule has 0 spiro atoms. The third-order valence-electron chi connectivity index (χ3n) is 1.51. The third kappa shape index (κ3) is 1.16. The van der Waals surface area contributed by atoms with E-state index in [-0.39, 0.29) is 11.7 Å². The highest BCUT2D eigenvalue weighted by Crippen LogP contribution is 2.17. The molecule has 12 heavy (non-hydrogen) atoms. The summed E-state index contributed by atoms with van der Waals surface area (Å²) in [5.41, 5.74) is 1.07. The van der Waals surface area contributed by atoms with Crippen LogP contribution in [0.25, 0.3) is 11.1 Å². The Hall–Kier alpha value is -1.09. The van der Waals surface area contributed by atoms with Gasteiger partial charge in [-0.3, -0.25) is 0 Å². The molecule has 0 atom stereocenters. The first-order valence-corrected chi connectivity index (χ1v) is 3.94. The van der Waals surface area contributed by atoms with Crippen molar-refractivity contribution in [3.05, 3.63) is 29.9 Å². The van der Waals surface area contributed by atoms with E-state index in [1.807, 2.05) is 0 Å². The van der Waals surface area contributed by atoms with Crippen LogP contribution in [-0.4, -0.2) is 4.98 Å². The maximum Gasteiger partial charge on any atom is 0.210 e. The minimum absolute atomic E-state index is 0.205. The molecule has 2 rings (SSSR count). The van der Waals surface area contributed by atoms with Gasteiger partial charge in [-0.15, -0.1) is 11.6 Å². The predicted molar refractivity (Wildman–Crippen MR) is 43.5 cm³/mol. The Kier molecular flexibility index (Phi) is 1.73. The summed E-state index contributed by atoms with van der Waals surface area (Å²) in [4.78, 5) is 4.01. The van der Waals surface area contributed by atoms with Crippen molar-refractivity contribution in [2.24, 2.45) is 0 Å². The van der Waals surface area contributed by atoms with Crippen LogP contribution >= 0.6 is 11.6 Å². The Balaban J connectivity index is 2.67. The first kappa shape index (κ1) is 7.55. The van der Waals surface area contributed by atoms with E-state index in [2.05, 4.69) is 4.98 Å². The van der Waals surface area contributed by atoms with Gasteiger partial charge < -0.3 is 4.42 Å². The van der Waals surface area contributed by atoms with Crippen LogP contribution in [0.15, 0.2) is 22.6 Å². The molecule has 0 saturated heterocycles. The van der Waals surface area contributed by atoms with Gasteiger partial charge in [-0.1, -0.05) is 0 Å². The highest BCUT2D eigenvalue weighted by molar-refractivity contribution is 6.16. The van der Waals surface area contributed by atoms with E-state index in [1.165, 1.54) is 12.1 Å². The van der Waals surface area contributed by atoms with Crippen LogP contribution in [0.2, 0.25) is 0 Å². The zero-order valence-corrected chi connectivity index (χ0v) is 6.81. The molecule has 0 bridgehead atoms. The molecule has 0 N–H and O–H groups in total. The standard InChI is InChI=1S/C8H5ClFNO/c9-4-8-11-6-2-1-5(10)3-7(6)12-8/h1-3H,4H2. The lowest BCUT2D eigenvalue weighted by Gasteiger charge is -1.84.